The summed E-state index contributed by atoms with van der Waals surface area (Å²) in [6.07, 6.45) is 4.23. The second-order valence-corrected chi connectivity index (χ2v) is 5.16. The first-order valence-corrected chi connectivity index (χ1v) is 6.55. The van der Waals surface area contributed by atoms with Crippen molar-refractivity contribution in [3.05, 3.63) is 30.1 Å². The second-order valence-electron chi connectivity index (χ2n) is 5.16. The van der Waals surface area contributed by atoms with Gasteiger partial charge in [0.1, 0.15) is 6.04 Å². The summed E-state index contributed by atoms with van der Waals surface area (Å²) in [6, 6.07) is 3.45. The van der Waals surface area contributed by atoms with Gasteiger partial charge >= 0.3 is 0 Å². The van der Waals surface area contributed by atoms with Gasteiger partial charge in [0, 0.05) is 18.9 Å². The minimum Gasteiger partial charge on any atom is -0.343 e. The lowest BCUT2D eigenvalue weighted by Crippen LogP contribution is -2.60. The predicted molar refractivity (Wildman–Crippen MR) is 71.3 cm³/mol. The third kappa shape index (κ3) is 3.30. The maximum Gasteiger partial charge on any atom is 0.245 e. The van der Waals surface area contributed by atoms with E-state index in [1.807, 2.05) is 26.0 Å². The van der Waals surface area contributed by atoms with Gasteiger partial charge < -0.3 is 10.2 Å². The maximum absolute atomic E-state index is 12.2. The number of nitrogens with one attached hydrogen (secondary N) is 1. The Kier molecular flexibility index (Phi) is 4.14. The van der Waals surface area contributed by atoms with Crippen molar-refractivity contribution >= 4 is 11.8 Å². The molecule has 1 aromatic rings. The first-order chi connectivity index (χ1) is 9.08. The Morgan fingerprint density at radius 3 is 2.89 bits per heavy atom. The van der Waals surface area contributed by atoms with Crippen LogP contribution < -0.4 is 5.32 Å². The van der Waals surface area contributed by atoms with E-state index in [0.29, 0.717) is 6.54 Å². The minimum atomic E-state index is -0.393. The molecule has 1 unspecified atom stereocenters. The van der Waals surface area contributed by atoms with Crippen molar-refractivity contribution in [3.8, 4) is 0 Å². The summed E-state index contributed by atoms with van der Waals surface area (Å²) in [4.78, 5) is 29.5. The summed E-state index contributed by atoms with van der Waals surface area (Å²) in [5.74, 6) is 0.0422. The largest absolute Gasteiger partial charge is 0.343 e. The zero-order chi connectivity index (χ0) is 13.8. The monoisotopic (exact) mass is 261 g/mol. The van der Waals surface area contributed by atoms with E-state index < -0.39 is 6.04 Å². The van der Waals surface area contributed by atoms with Gasteiger partial charge in [-0.15, -0.1) is 0 Å². The lowest BCUT2D eigenvalue weighted by Gasteiger charge is -2.34. The standard InChI is InChI=1S/C14H19N3O2/c1-10(2)13-14(19)17(9-12(18)16-13)7-5-11-4-3-6-15-8-11/h3-4,6,8,10,13H,5,7,9H2,1-2H3,(H,16,18). The first-order valence-electron chi connectivity index (χ1n) is 6.55. The Morgan fingerprint density at radius 2 is 2.26 bits per heavy atom. The zero-order valence-corrected chi connectivity index (χ0v) is 11.3. The fourth-order valence-corrected chi connectivity index (χ4v) is 2.18. The molecule has 2 heterocycles. The molecule has 5 nitrogen and oxygen atoms in total. The maximum atomic E-state index is 12.2. The Bertz CT molecular complexity index is 459. The van der Waals surface area contributed by atoms with Gasteiger partial charge in [0.05, 0.1) is 6.54 Å². The number of hydrogen-bond donors (Lipinski definition) is 1. The molecule has 1 N–H and O–H groups in total. The summed E-state index contributed by atoms with van der Waals surface area (Å²) in [6.45, 7) is 4.59. The molecule has 1 aliphatic heterocycles. The molecule has 0 bridgehead atoms. The molecule has 2 rings (SSSR count). The van der Waals surface area contributed by atoms with Crippen LogP contribution in [-0.2, 0) is 16.0 Å². The van der Waals surface area contributed by atoms with E-state index in [2.05, 4.69) is 10.3 Å². The van der Waals surface area contributed by atoms with Crippen molar-refractivity contribution < 1.29 is 9.59 Å². The number of amides is 2. The highest BCUT2D eigenvalue weighted by Gasteiger charge is 2.33. The number of carbonyl (C=O) groups excluding carboxylic acids is 2. The quantitative estimate of drug-likeness (QED) is 0.863. The Hall–Kier alpha value is -1.91. The van der Waals surface area contributed by atoms with Crippen LogP contribution in [0.15, 0.2) is 24.5 Å². The molecule has 0 aromatic carbocycles. The molecule has 1 fully saturated rings. The third-order valence-corrected chi connectivity index (χ3v) is 3.29. The average Bonchev–Trinajstić information content (AvgIpc) is 2.40. The van der Waals surface area contributed by atoms with Gasteiger partial charge in [-0.05, 0) is 24.0 Å². The fraction of sp³-hybridized carbons (Fsp3) is 0.500. The normalized spacial score (nSPS) is 19.7. The number of pyridine rings is 1. The summed E-state index contributed by atoms with van der Waals surface area (Å²) in [7, 11) is 0. The topological polar surface area (TPSA) is 62.3 Å². The van der Waals surface area contributed by atoms with E-state index in [0.717, 1.165) is 12.0 Å². The van der Waals surface area contributed by atoms with E-state index in [4.69, 9.17) is 0 Å². The third-order valence-electron chi connectivity index (χ3n) is 3.29. The molecule has 0 saturated carbocycles. The Balaban J connectivity index is 1.99. The van der Waals surface area contributed by atoms with Crippen LogP contribution in [0.2, 0.25) is 0 Å². The molecule has 1 saturated heterocycles. The van der Waals surface area contributed by atoms with Gasteiger partial charge in [-0.3, -0.25) is 14.6 Å². The molecule has 1 aromatic heterocycles. The summed E-state index contributed by atoms with van der Waals surface area (Å²) >= 11 is 0. The van der Waals surface area contributed by atoms with Gasteiger partial charge in [0.2, 0.25) is 11.8 Å². The van der Waals surface area contributed by atoms with Crippen molar-refractivity contribution in [2.24, 2.45) is 5.92 Å². The van der Waals surface area contributed by atoms with Gasteiger partial charge in [-0.1, -0.05) is 19.9 Å². The van der Waals surface area contributed by atoms with Crippen molar-refractivity contribution in [3.63, 3.8) is 0 Å². The van der Waals surface area contributed by atoms with Gasteiger partial charge in [-0.2, -0.15) is 0 Å². The number of aromatic nitrogens is 1. The van der Waals surface area contributed by atoms with Gasteiger partial charge in [0.25, 0.3) is 0 Å². The van der Waals surface area contributed by atoms with E-state index in [9.17, 15) is 9.59 Å². The molecule has 19 heavy (non-hydrogen) atoms. The predicted octanol–water partition coefficient (Wildman–Crippen LogP) is 0.607. The van der Waals surface area contributed by atoms with Crippen LogP contribution in [0, 0.1) is 5.92 Å². The minimum absolute atomic E-state index is 0.0125. The van der Waals surface area contributed by atoms with Crippen LogP contribution in [0.5, 0.6) is 0 Å². The molecule has 0 spiro atoms. The molecule has 1 atom stereocenters. The number of piperazine rings is 1. The average molecular weight is 261 g/mol. The van der Waals surface area contributed by atoms with Crippen molar-refractivity contribution in [1.82, 2.24) is 15.2 Å². The van der Waals surface area contributed by atoms with Crippen LogP contribution in [0.3, 0.4) is 0 Å². The van der Waals surface area contributed by atoms with Crippen molar-refractivity contribution in [2.45, 2.75) is 26.3 Å². The van der Waals surface area contributed by atoms with Gasteiger partial charge in [0.15, 0.2) is 0 Å². The first kappa shape index (κ1) is 13.5. The molecule has 2 amide bonds. The summed E-state index contributed by atoms with van der Waals surface area (Å²) < 4.78 is 0. The molecule has 0 radical (unpaired) electrons. The van der Waals surface area contributed by atoms with E-state index in [-0.39, 0.29) is 24.3 Å². The molecule has 0 aliphatic carbocycles. The Morgan fingerprint density at radius 1 is 1.47 bits per heavy atom. The number of nitrogens with zero attached hydrogens (tertiary/aromatic N) is 2. The molecular weight excluding hydrogens is 242 g/mol. The van der Waals surface area contributed by atoms with Crippen molar-refractivity contribution in [1.29, 1.82) is 0 Å². The highest BCUT2D eigenvalue weighted by Crippen LogP contribution is 2.11. The van der Waals surface area contributed by atoms with Crippen molar-refractivity contribution in [2.75, 3.05) is 13.1 Å². The molecule has 1 aliphatic rings. The lowest BCUT2D eigenvalue weighted by atomic mass is 10.0. The molecule has 5 heteroatoms. The van der Waals surface area contributed by atoms with Crippen LogP contribution in [0.25, 0.3) is 0 Å². The number of carbonyl (C=O) groups is 2. The summed E-state index contributed by atoms with van der Waals surface area (Å²) in [5.41, 5.74) is 1.07. The lowest BCUT2D eigenvalue weighted by molar-refractivity contribution is -0.145. The SMILES string of the molecule is CC(C)C1NC(=O)CN(CCc2cccnc2)C1=O. The zero-order valence-electron chi connectivity index (χ0n) is 11.3. The highest BCUT2D eigenvalue weighted by molar-refractivity contribution is 5.94. The van der Waals surface area contributed by atoms with Crippen LogP contribution in [0.1, 0.15) is 19.4 Å². The number of hydrogen-bond acceptors (Lipinski definition) is 3. The number of rotatable bonds is 4. The summed E-state index contributed by atoms with van der Waals surface area (Å²) in [5, 5.41) is 2.75. The van der Waals surface area contributed by atoms with Crippen LogP contribution in [-0.4, -0.2) is 40.8 Å². The van der Waals surface area contributed by atoms with Gasteiger partial charge in [-0.25, -0.2) is 0 Å². The van der Waals surface area contributed by atoms with Crippen LogP contribution in [0.4, 0.5) is 0 Å². The Labute approximate surface area is 113 Å². The van der Waals surface area contributed by atoms with Crippen LogP contribution >= 0.6 is 0 Å². The highest BCUT2D eigenvalue weighted by atomic mass is 16.2. The van der Waals surface area contributed by atoms with E-state index in [1.165, 1.54) is 0 Å². The smallest absolute Gasteiger partial charge is 0.245 e. The molecule has 102 valence electrons. The van der Waals surface area contributed by atoms with E-state index >= 15 is 0 Å². The van der Waals surface area contributed by atoms with E-state index in [1.54, 1.807) is 17.3 Å². The fourth-order valence-electron chi connectivity index (χ4n) is 2.18. The molecular formula is C14H19N3O2. The second kappa shape index (κ2) is 5.82.